The number of carbonyl (C=O) groups is 1. The van der Waals surface area contributed by atoms with E-state index in [2.05, 4.69) is 4.74 Å². The molecule has 0 aliphatic carbocycles. The summed E-state index contributed by atoms with van der Waals surface area (Å²) < 4.78 is 4.55. The Balaban J connectivity index is 3.32. The number of ether oxygens (including phenoxy) is 1. The molecule has 1 aromatic rings. The number of hydrogen-bond acceptors (Lipinski definition) is 4. The predicted molar refractivity (Wildman–Crippen MR) is 58.7 cm³/mol. The summed E-state index contributed by atoms with van der Waals surface area (Å²) >= 11 is 0. The van der Waals surface area contributed by atoms with Gasteiger partial charge in [0, 0.05) is 0 Å². The molecule has 1 rings (SSSR count). The van der Waals surface area contributed by atoms with Gasteiger partial charge in [0.1, 0.15) is 5.60 Å². The van der Waals surface area contributed by atoms with Crippen LogP contribution < -0.4 is 0 Å². The summed E-state index contributed by atoms with van der Waals surface area (Å²) in [5.41, 5.74) is -3.40. The highest BCUT2D eigenvalue weighted by Gasteiger charge is 2.51. The molecule has 0 bridgehead atoms. The van der Waals surface area contributed by atoms with E-state index >= 15 is 0 Å². The fraction of sp³-hybridized carbons (Fsp3) is 0.417. The summed E-state index contributed by atoms with van der Waals surface area (Å²) in [5, 5.41) is 20.3. The van der Waals surface area contributed by atoms with Crippen molar-refractivity contribution < 1.29 is 19.7 Å². The van der Waals surface area contributed by atoms with Crippen LogP contribution in [0, 0.1) is 0 Å². The Bertz CT molecular complexity index is 366. The van der Waals surface area contributed by atoms with Crippen LogP contribution in [0.1, 0.15) is 19.4 Å². The van der Waals surface area contributed by atoms with Crippen LogP contribution in [0.3, 0.4) is 0 Å². The van der Waals surface area contributed by atoms with Crippen LogP contribution >= 0.6 is 0 Å². The van der Waals surface area contributed by atoms with E-state index in [0.717, 1.165) is 0 Å². The van der Waals surface area contributed by atoms with E-state index < -0.39 is 17.2 Å². The monoisotopic (exact) mass is 224 g/mol. The average molecular weight is 224 g/mol. The molecule has 0 aliphatic heterocycles. The second-order valence-electron chi connectivity index (χ2n) is 4.13. The van der Waals surface area contributed by atoms with Gasteiger partial charge < -0.3 is 14.9 Å². The van der Waals surface area contributed by atoms with Gasteiger partial charge in [-0.05, 0) is 19.4 Å². The minimum atomic E-state index is -2.07. The Morgan fingerprint density at radius 2 is 1.69 bits per heavy atom. The van der Waals surface area contributed by atoms with Gasteiger partial charge in [0.2, 0.25) is 5.60 Å². The third kappa shape index (κ3) is 1.94. The van der Waals surface area contributed by atoms with Crippen LogP contribution in [0.25, 0.3) is 0 Å². The lowest BCUT2D eigenvalue weighted by molar-refractivity contribution is -0.192. The van der Waals surface area contributed by atoms with Crippen molar-refractivity contribution in [2.45, 2.75) is 25.0 Å². The number of rotatable bonds is 3. The quantitative estimate of drug-likeness (QED) is 0.746. The van der Waals surface area contributed by atoms with Crippen molar-refractivity contribution in [2.24, 2.45) is 0 Å². The first-order chi connectivity index (χ1) is 7.34. The van der Waals surface area contributed by atoms with E-state index in [4.69, 9.17) is 0 Å². The van der Waals surface area contributed by atoms with Gasteiger partial charge in [0.25, 0.3) is 0 Å². The zero-order valence-electron chi connectivity index (χ0n) is 9.60. The number of hydrogen-bond donors (Lipinski definition) is 2. The average Bonchev–Trinajstić information content (AvgIpc) is 2.26. The first kappa shape index (κ1) is 12.7. The van der Waals surface area contributed by atoms with E-state index in [1.54, 1.807) is 30.3 Å². The third-order valence-corrected chi connectivity index (χ3v) is 2.56. The predicted octanol–water partition coefficient (Wildman–Crippen LogP) is 0.818. The molecule has 1 unspecified atom stereocenters. The van der Waals surface area contributed by atoms with Crippen molar-refractivity contribution in [2.75, 3.05) is 7.11 Å². The Labute approximate surface area is 94.5 Å². The zero-order valence-corrected chi connectivity index (χ0v) is 9.60. The summed E-state index contributed by atoms with van der Waals surface area (Å²) in [6, 6.07) is 8.24. The second kappa shape index (κ2) is 4.23. The molecule has 0 saturated carbocycles. The summed E-state index contributed by atoms with van der Waals surface area (Å²) in [6.07, 6.45) is 0. The summed E-state index contributed by atoms with van der Waals surface area (Å²) in [5.74, 6) is -0.883. The largest absolute Gasteiger partial charge is 0.467 e. The van der Waals surface area contributed by atoms with Crippen LogP contribution in [0.15, 0.2) is 30.3 Å². The van der Waals surface area contributed by atoms with Gasteiger partial charge in [0.05, 0.1) is 7.11 Å². The topological polar surface area (TPSA) is 66.8 Å². The third-order valence-electron chi connectivity index (χ3n) is 2.56. The number of benzene rings is 1. The highest BCUT2D eigenvalue weighted by Crippen LogP contribution is 2.33. The lowest BCUT2D eigenvalue weighted by Gasteiger charge is -2.36. The minimum Gasteiger partial charge on any atom is -0.467 e. The van der Waals surface area contributed by atoms with Crippen LogP contribution in [0.5, 0.6) is 0 Å². The molecule has 0 fully saturated rings. The summed E-state index contributed by atoms with van der Waals surface area (Å²) in [6.45, 7) is 2.72. The molecule has 2 N–H and O–H groups in total. The van der Waals surface area contributed by atoms with E-state index in [0.29, 0.717) is 5.56 Å². The molecular weight excluding hydrogens is 208 g/mol. The molecule has 0 heterocycles. The van der Waals surface area contributed by atoms with Crippen molar-refractivity contribution in [3.63, 3.8) is 0 Å². The Kier molecular flexibility index (Phi) is 3.35. The Morgan fingerprint density at radius 3 is 2.06 bits per heavy atom. The van der Waals surface area contributed by atoms with Crippen LogP contribution in [0.2, 0.25) is 0 Å². The first-order valence-corrected chi connectivity index (χ1v) is 4.92. The van der Waals surface area contributed by atoms with E-state index in [9.17, 15) is 15.0 Å². The molecule has 0 aliphatic rings. The van der Waals surface area contributed by atoms with Gasteiger partial charge >= 0.3 is 5.97 Å². The van der Waals surface area contributed by atoms with Gasteiger partial charge in [-0.15, -0.1) is 0 Å². The molecule has 4 nitrogen and oxygen atoms in total. The first-order valence-electron chi connectivity index (χ1n) is 4.92. The standard InChI is InChI=1S/C12H16O4/c1-11(2,14)12(15,10(13)16-3)9-7-5-4-6-8-9/h4-8,14-15H,1-3H3. The van der Waals surface area contributed by atoms with E-state index in [1.807, 2.05) is 0 Å². The maximum Gasteiger partial charge on any atom is 0.345 e. The molecule has 88 valence electrons. The summed E-state index contributed by atoms with van der Waals surface area (Å²) in [4.78, 5) is 11.6. The lowest BCUT2D eigenvalue weighted by Crippen LogP contribution is -2.53. The summed E-state index contributed by atoms with van der Waals surface area (Å²) in [7, 11) is 1.17. The van der Waals surface area contributed by atoms with E-state index in [1.165, 1.54) is 21.0 Å². The molecule has 0 amide bonds. The van der Waals surface area contributed by atoms with Crippen LogP contribution in [0.4, 0.5) is 0 Å². The van der Waals surface area contributed by atoms with Gasteiger partial charge in [-0.2, -0.15) is 0 Å². The van der Waals surface area contributed by atoms with Crippen LogP contribution in [-0.4, -0.2) is 28.9 Å². The fourth-order valence-electron chi connectivity index (χ4n) is 1.55. The maximum atomic E-state index is 11.6. The van der Waals surface area contributed by atoms with Crippen molar-refractivity contribution in [3.8, 4) is 0 Å². The maximum absolute atomic E-state index is 11.6. The Hall–Kier alpha value is -1.39. The number of methoxy groups -OCH3 is 1. The fourth-order valence-corrected chi connectivity index (χ4v) is 1.55. The molecule has 1 atom stereocenters. The van der Waals surface area contributed by atoms with Crippen molar-refractivity contribution >= 4 is 5.97 Å². The highest BCUT2D eigenvalue weighted by atomic mass is 16.5. The van der Waals surface area contributed by atoms with E-state index in [-0.39, 0.29) is 0 Å². The normalized spacial score (nSPS) is 15.3. The number of esters is 1. The second-order valence-corrected chi connectivity index (χ2v) is 4.13. The molecule has 0 saturated heterocycles. The molecular formula is C12H16O4. The smallest absolute Gasteiger partial charge is 0.345 e. The molecule has 4 heteroatoms. The minimum absolute atomic E-state index is 0.300. The van der Waals surface area contributed by atoms with Crippen molar-refractivity contribution in [3.05, 3.63) is 35.9 Å². The molecule has 0 radical (unpaired) electrons. The molecule has 0 spiro atoms. The van der Waals surface area contributed by atoms with Gasteiger partial charge in [-0.25, -0.2) is 4.79 Å². The van der Waals surface area contributed by atoms with Crippen LogP contribution in [-0.2, 0) is 15.1 Å². The molecule has 16 heavy (non-hydrogen) atoms. The van der Waals surface area contributed by atoms with Crippen molar-refractivity contribution in [1.29, 1.82) is 0 Å². The zero-order chi connectivity index (χ0) is 12.4. The number of aliphatic hydroxyl groups is 2. The highest BCUT2D eigenvalue weighted by molar-refractivity contribution is 5.82. The molecule has 0 aromatic heterocycles. The SMILES string of the molecule is COC(=O)C(O)(c1ccccc1)C(C)(C)O. The lowest BCUT2D eigenvalue weighted by atomic mass is 9.80. The number of carbonyl (C=O) groups excluding carboxylic acids is 1. The van der Waals surface area contributed by atoms with Crippen molar-refractivity contribution in [1.82, 2.24) is 0 Å². The Morgan fingerprint density at radius 1 is 1.19 bits per heavy atom. The van der Waals surface area contributed by atoms with Gasteiger partial charge in [-0.1, -0.05) is 30.3 Å². The molecule has 1 aromatic carbocycles. The van der Waals surface area contributed by atoms with Gasteiger partial charge in [0.15, 0.2) is 0 Å². The van der Waals surface area contributed by atoms with Gasteiger partial charge in [-0.3, -0.25) is 0 Å².